The standard InChI is InChI=1S/C7H11N3O.C6H8O2.C4H4N2O/c1-10(4-5-11)7-6-8-2-3-9-7;1-5-2-3-6(4-7)8-5;7-4-5-2-1-3-6-4/h2-3,6,11H,4-5H2,1H3;2-3,7H,4H2,1H3;1-3H,(H,5,6,7). The maximum absolute atomic E-state index is 10.1. The number of likely N-dealkylation sites (N-methyl/N-ethyl adjacent to an activating group) is 1. The number of hydrogen-bond donors (Lipinski definition) is 3. The zero-order valence-corrected chi connectivity index (χ0v) is 14.7. The molecule has 0 spiro atoms. The number of furan rings is 1. The Bertz CT molecular complexity index is 758. The first-order valence-electron chi connectivity index (χ1n) is 7.80. The van der Waals surface area contributed by atoms with E-state index in [1.54, 1.807) is 30.7 Å². The van der Waals surface area contributed by atoms with Crippen LogP contribution in [-0.4, -0.2) is 50.3 Å². The number of aliphatic hydroxyl groups is 2. The van der Waals surface area contributed by atoms with Gasteiger partial charge in [0.25, 0.3) is 0 Å². The normalized spacial score (nSPS) is 9.38. The highest BCUT2D eigenvalue weighted by Gasteiger charge is 1.98. The molecule has 3 heterocycles. The van der Waals surface area contributed by atoms with Crippen LogP contribution in [0.25, 0.3) is 0 Å². The minimum Gasteiger partial charge on any atom is -0.464 e. The van der Waals surface area contributed by atoms with Gasteiger partial charge in [-0.25, -0.2) is 14.8 Å². The van der Waals surface area contributed by atoms with Crippen LogP contribution in [0, 0.1) is 6.92 Å². The van der Waals surface area contributed by atoms with Crippen molar-refractivity contribution in [2.45, 2.75) is 13.5 Å². The molecule has 0 amide bonds. The highest BCUT2D eigenvalue weighted by atomic mass is 16.4. The molecule has 0 saturated carbocycles. The second-order valence-electron chi connectivity index (χ2n) is 4.97. The Balaban J connectivity index is 0.000000201. The summed E-state index contributed by atoms with van der Waals surface area (Å²) in [5, 5.41) is 17.1. The number of nitrogens with zero attached hydrogens (tertiary/aromatic N) is 4. The Morgan fingerprint density at radius 2 is 2.00 bits per heavy atom. The Morgan fingerprint density at radius 1 is 1.19 bits per heavy atom. The summed E-state index contributed by atoms with van der Waals surface area (Å²) in [6.07, 6.45) is 7.89. The molecule has 0 aliphatic carbocycles. The molecule has 0 atom stereocenters. The maximum Gasteiger partial charge on any atom is 0.344 e. The molecule has 0 radical (unpaired) electrons. The number of aryl methyl sites for hydroxylation is 1. The first-order chi connectivity index (χ1) is 12.6. The number of aromatic nitrogens is 4. The second kappa shape index (κ2) is 12.3. The number of anilines is 1. The summed E-state index contributed by atoms with van der Waals surface area (Å²) in [4.78, 5) is 25.6. The van der Waals surface area contributed by atoms with Crippen LogP contribution in [0.2, 0.25) is 0 Å². The summed E-state index contributed by atoms with van der Waals surface area (Å²) < 4.78 is 4.98. The topological polar surface area (TPSA) is 128 Å². The lowest BCUT2D eigenvalue weighted by molar-refractivity contribution is 0.245. The molecule has 0 bridgehead atoms. The summed E-state index contributed by atoms with van der Waals surface area (Å²) in [6.45, 7) is 2.55. The van der Waals surface area contributed by atoms with Crippen LogP contribution in [0.4, 0.5) is 5.82 Å². The van der Waals surface area contributed by atoms with Crippen LogP contribution in [0.15, 0.2) is 58.4 Å². The molecule has 3 N–H and O–H groups in total. The lowest BCUT2D eigenvalue weighted by Crippen LogP contribution is -2.22. The number of hydrogen-bond acceptors (Lipinski definition) is 8. The van der Waals surface area contributed by atoms with Crippen LogP contribution in [0.1, 0.15) is 11.5 Å². The van der Waals surface area contributed by atoms with Crippen molar-refractivity contribution in [1.29, 1.82) is 0 Å². The fraction of sp³-hybridized carbons (Fsp3) is 0.294. The average molecular weight is 361 g/mol. The van der Waals surface area contributed by atoms with Gasteiger partial charge >= 0.3 is 5.69 Å². The van der Waals surface area contributed by atoms with Crippen molar-refractivity contribution >= 4 is 5.82 Å². The van der Waals surface area contributed by atoms with Gasteiger partial charge < -0.3 is 24.5 Å². The molecule has 0 aliphatic rings. The number of aliphatic hydroxyl groups excluding tert-OH is 2. The van der Waals surface area contributed by atoms with Crippen molar-refractivity contribution in [1.82, 2.24) is 19.9 Å². The predicted molar refractivity (Wildman–Crippen MR) is 96.6 cm³/mol. The smallest absolute Gasteiger partial charge is 0.344 e. The van der Waals surface area contributed by atoms with Crippen LogP contribution in [0.5, 0.6) is 0 Å². The minimum absolute atomic E-state index is 0.00611. The molecule has 3 aromatic rings. The minimum atomic E-state index is -0.303. The molecule has 0 saturated heterocycles. The number of aromatic amines is 1. The Kier molecular flexibility index (Phi) is 9.97. The molecule has 0 unspecified atom stereocenters. The van der Waals surface area contributed by atoms with E-state index in [-0.39, 0.29) is 18.9 Å². The third-order valence-corrected chi connectivity index (χ3v) is 2.91. The summed E-state index contributed by atoms with van der Waals surface area (Å²) in [5.74, 6) is 2.25. The molecule has 26 heavy (non-hydrogen) atoms. The monoisotopic (exact) mass is 361 g/mol. The van der Waals surface area contributed by atoms with E-state index in [2.05, 4.69) is 19.9 Å². The largest absolute Gasteiger partial charge is 0.464 e. The van der Waals surface area contributed by atoms with Crippen molar-refractivity contribution in [3.63, 3.8) is 0 Å². The molecule has 0 aromatic carbocycles. The van der Waals surface area contributed by atoms with Crippen molar-refractivity contribution in [3.05, 3.63) is 71.2 Å². The van der Waals surface area contributed by atoms with Gasteiger partial charge in [-0.3, -0.25) is 4.98 Å². The van der Waals surface area contributed by atoms with Crippen LogP contribution in [-0.2, 0) is 6.61 Å². The van der Waals surface area contributed by atoms with Crippen molar-refractivity contribution in [2.24, 2.45) is 0 Å². The van der Waals surface area contributed by atoms with Gasteiger partial charge in [0.2, 0.25) is 0 Å². The summed E-state index contributed by atoms with van der Waals surface area (Å²) in [7, 11) is 1.86. The Morgan fingerprint density at radius 3 is 2.38 bits per heavy atom. The van der Waals surface area contributed by atoms with Gasteiger partial charge in [-0.05, 0) is 25.1 Å². The van der Waals surface area contributed by atoms with E-state index < -0.39 is 0 Å². The third kappa shape index (κ3) is 8.71. The third-order valence-electron chi connectivity index (χ3n) is 2.91. The zero-order chi connectivity index (χ0) is 19.2. The quantitative estimate of drug-likeness (QED) is 0.621. The molecule has 9 heteroatoms. The van der Waals surface area contributed by atoms with Gasteiger partial charge in [0.05, 0.1) is 12.8 Å². The lowest BCUT2D eigenvalue weighted by atomic mass is 10.4. The number of H-pyrrole nitrogens is 1. The van der Waals surface area contributed by atoms with Gasteiger partial charge in [0.1, 0.15) is 23.9 Å². The average Bonchev–Trinajstić information content (AvgIpc) is 3.10. The fourth-order valence-electron chi connectivity index (χ4n) is 1.63. The molecular weight excluding hydrogens is 338 g/mol. The predicted octanol–water partition coefficient (Wildman–Crippen LogP) is 0.755. The summed E-state index contributed by atoms with van der Waals surface area (Å²) in [5.41, 5.74) is -0.303. The zero-order valence-electron chi connectivity index (χ0n) is 14.7. The Hall–Kier alpha value is -3.04. The molecular formula is C17H23N5O4. The number of nitrogens with one attached hydrogen (secondary N) is 1. The SMILES string of the molecule is CN(CCO)c1cnccn1.Cc1ccc(CO)o1.O=c1nccc[nH]1. The lowest BCUT2D eigenvalue weighted by Gasteiger charge is -2.14. The van der Waals surface area contributed by atoms with Crippen LogP contribution < -0.4 is 10.6 Å². The van der Waals surface area contributed by atoms with Gasteiger partial charge in [-0.1, -0.05) is 0 Å². The highest BCUT2D eigenvalue weighted by molar-refractivity contribution is 5.33. The van der Waals surface area contributed by atoms with Gasteiger partial charge in [0.15, 0.2) is 0 Å². The molecule has 140 valence electrons. The second-order valence-corrected chi connectivity index (χ2v) is 4.97. The van der Waals surface area contributed by atoms with Gasteiger partial charge in [0, 0.05) is 38.4 Å². The van der Waals surface area contributed by atoms with E-state index in [0.717, 1.165) is 11.6 Å². The van der Waals surface area contributed by atoms with Gasteiger partial charge in [-0.2, -0.15) is 0 Å². The first kappa shape index (κ1) is 21.0. The number of rotatable bonds is 4. The fourth-order valence-corrected chi connectivity index (χ4v) is 1.63. The summed E-state index contributed by atoms with van der Waals surface area (Å²) in [6, 6.07) is 5.24. The van der Waals surface area contributed by atoms with E-state index in [0.29, 0.717) is 12.3 Å². The van der Waals surface area contributed by atoms with Gasteiger partial charge in [-0.15, -0.1) is 0 Å². The van der Waals surface area contributed by atoms with Crippen molar-refractivity contribution in [3.8, 4) is 0 Å². The molecule has 3 aromatic heterocycles. The van der Waals surface area contributed by atoms with E-state index in [4.69, 9.17) is 14.6 Å². The first-order valence-corrected chi connectivity index (χ1v) is 7.80. The highest BCUT2D eigenvalue weighted by Crippen LogP contribution is 2.04. The van der Waals surface area contributed by atoms with E-state index in [1.807, 2.05) is 24.9 Å². The maximum atomic E-state index is 10.1. The summed E-state index contributed by atoms with van der Waals surface area (Å²) >= 11 is 0. The molecule has 0 fully saturated rings. The van der Waals surface area contributed by atoms with Crippen LogP contribution >= 0.6 is 0 Å². The van der Waals surface area contributed by atoms with E-state index in [9.17, 15) is 4.79 Å². The Labute approximate surface area is 151 Å². The molecule has 3 rings (SSSR count). The van der Waals surface area contributed by atoms with E-state index in [1.165, 1.54) is 12.4 Å². The van der Waals surface area contributed by atoms with Crippen LogP contribution in [0.3, 0.4) is 0 Å². The van der Waals surface area contributed by atoms with E-state index >= 15 is 0 Å². The molecule has 9 nitrogen and oxygen atoms in total. The molecule has 0 aliphatic heterocycles. The van der Waals surface area contributed by atoms with Crippen molar-refractivity contribution in [2.75, 3.05) is 25.1 Å². The van der Waals surface area contributed by atoms with Crippen molar-refractivity contribution < 1.29 is 14.6 Å².